The minimum atomic E-state index is -0.587. The summed E-state index contributed by atoms with van der Waals surface area (Å²) in [5.41, 5.74) is 6.15. The van der Waals surface area contributed by atoms with Gasteiger partial charge in [-0.05, 0) is 37.1 Å². The summed E-state index contributed by atoms with van der Waals surface area (Å²) >= 11 is 0. The van der Waals surface area contributed by atoms with Crippen molar-refractivity contribution >= 4 is 35.9 Å². The van der Waals surface area contributed by atoms with Crippen molar-refractivity contribution in [3.8, 4) is 0 Å². The first-order valence-corrected chi connectivity index (χ1v) is 7.89. The Morgan fingerprint density at radius 2 is 1.68 bits per heavy atom. The minimum Gasteiger partial charge on any atom is -0.468 e. The number of nitrogens with one attached hydrogen (secondary N) is 2. The van der Waals surface area contributed by atoms with Gasteiger partial charge in [0.25, 0.3) is 5.91 Å². The van der Waals surface area contributed by atoms with Crippen LogP contribution in [0, 0.1) is 5.41 Å². The third-order valence-electron chi connectivity index (χ3n) is 4.25. The van der Waals surface area contributed by atoms with Crippen LogP contribution < -0.4 is 16.4 Å². The van der Waals surface area contributed by atoms with E-state index in [0.717, 1.165) is 0 Å². The molecule has 0 saturated heterocycles. The van der Waals surface area contributed by atoms with Crippen LogP contribution >= 0.6 is 12.4 Å². The zero-order valence-corrected chi connectivity index (χ0v) is 15.6. The molecule has 25 heavy (non-hydrogen) atoms. The Balaban J connectivity index is 0.00000576. The Hall–Kier alpha value is -2.12. The molecule has 0 aliphatic rings. The fourth-order valence-corrected chi connectivity index (χ4v) is 2.25. The fourth-order valence-electron chi connectivity index (χ4n) is 2.25. The number of anilines is 1. The molecule has 4 N–H and O–H groups in total. The highest BCUT2D eigenvalue weighted by Crippen LogP contribution is 2.27. The van der Waals surface area contributed by atoms with E-state index in [0.29, 0.717) is 24.1 Å². The largest absolute Gasteiger partial charge is 0.468 e. The van der Waals surface area contributed by atoms with Gasteiger partial charge in [0.2, 0.25) is 5.91 Å². The molecule has 0 atom stereocenters. The number of esters is 1. The molecular formula is C17H26ClN3O4. The first kappa shape index (κ1) is 22.9. The number of amides is 2. The Morgan fingerprint density at radius 1 is 1.12 bits per heavy atom. The van der Waals surface area contributed by atoms with Crippen molar-refractivity contribution in [1.82, 2.24) is 5.32 Å². The predicted molar refractivity (Wildman–Crippen MR) is 98.7 cm³/mol. The van der Waals surface area contributed by atoms with Crippen LogP contribution in [0.4, 0.5) is 5.69 Å². The Labute approximate surface area is 154 Å². The van der Waals surface area contributed by atoms with Crippen molar-refractivity contribution in [2.24, 2.45) is 11.1 Å². The lowest BCUT2D eigenvalue weighted by atomic mass is 9.81. The lowest BCUT2D eigenvalue weighted by Crippen LogP contribution is -2.41. The van der Waals surface area contributed by atoms with Gasteiger partial charge in [0.15, 0.2) is 0 Å². The molecule has 0 bridgehead atoms. The maximum Gasteiger partial charge on any atom is 0.325 e. The molecule has 1 rings (SSSR count). The highest BCUT2D eigenvalue weighted by molar-refractivity contribution is 5.98. The molecule has 0 aliphatic heterocycles. The summed E-state index contributed by atoms with van der Waals surface area (Å²) in [4.78, 5) is 35.3. The van der Waals surface area contributed by atoms with Gasteiger partial charge in [-0.25, -0.2) is 0 Å². The van der Waals surface area contributed by atoms with Crippen LogP contribution in [0.3, 0.4) is 0 Å². The van der Waals surface area contributed by atoms with Crippen molar-refractivity contribution in [3.05, 3.63) is 29.8 Å². The second-order valence-corrected chi connectivity index (χ2v) is 5.48. The standard InChI is InChI=1S/C17H25N3O4.ClH/c1-4-17(5-2,11-18)16(23)20-13-8-6-12(7-9-13)15(22)19-10-14(21)24-3;/h6-9H,4-5,10-11,18H2,1-3H3,(H,19,22)(H,20,23);1H. The molecule has 2 amide bonds. The van der Waals surface area contributed by atoms with E-state index >= 15 is 0 Å². The number of halogens is 1. The van der Waals surface area contributed by atoms with Crippen LogP contribution in [0.2, 0.25) is 0 Å². The SMILES string of the molecule is CCC(CC)(CN)C(=O)Nc1ccc(C(=O)NCC(=O)OC)cc1.Cl. The fraction of sp³-hybridized carbons (Fsp3) is 0.471. The van der Waals surface area contributed by atoms with Gasteiger partial charge >= 0.3 is 5.97 Å². The normalized spacial score (nSPS) is 10.4. The van der Waals surface area contributed by atoms with Crippen LogP contribution in [0.15, 0.2) is 24.3 Å². The molecule has 1 aromatic carbocycles. The summed E-state index contributed by atoms with van der Waals surface area (Å²) in [5.74, 6) is -1.04. The van der Waals surface area contributed by atoms with Crippen molar-refractivity contribution < 1.29 is 19.1 Å². The van der Waals surface area contributed by atoms with Gasteiger partial charge in [-0.3, -0.25) is 14.4 Å². The Morgan fingerprint density at radius 3 is 2.12 bits per heavy atom. The average molecular weight is 372 g/mol. The van der Waals surface area contributed by atoms with Crippen LogP contribution in [-0.2, 0) is 14.3 Å². The Bertz CT molecular complexity index is 578. The van der Waals surface area contributed by atoms with E-state index in [4.69, 9.17) is 5.73 Å². The van der Waals surface area contributed by atoms with Crippen molar-refractivity contribution in [1.29, 1.82) is 0 Å². The van der Waals surface area contributed by atoms with Gasteiger partial charge < -0.3 is 21.1 Å². The van der Waals surface area contributed by atoms with E-state index in [1.165, 1.54) is 7.11 Å². The topological polar surface area (TPSA) is 111 Å². The Kier molecular flexibility index (Phi) is 9.78. The summed E-state index contributed by atoms with van der Waals surface area (Å²) in [6, 6.07) is 6.42. The second-order valence-electron chi connectivity index (χ2n) is 5.48. The number of methoxy groups -OCH3 is 1. The molecule has 0 spiro atoms. The summed E-state index contributed by atoms with van der Waals surface area (Å²) < 4.78 is 4.45. The van der Waals surface area contributed by atoms with Crippen LogP contribution in [0.5, 0.6) is 0 Å². The second kappa shape index (κ2) is 10.7. The molecule has 140 valence electrons. The highest BCUT2D eigenvalue weighted by atomic mass is 35.5. The van der Waals surface area contributed by atoms with Crippen molar-refractivity contribution in [2.75, 3.05) is 25.5 Å². The third-order valence-corrected chi connectivity index (χ3v) is 4.25. The predicted octanol–water partition coefficient (Wildman–Crippen LogP) is 1.71. The van der Waals surface area contributed by atoms with Gasteiger partial charge in [0.1, 0.15) is 6.54 Å². The smallest absolute Gasteiger partial charge is 0.325 e. The van der Waals surface area contributed by atoms with E-state index in [9.17, 15) is 14.4 Å². The lowest BCUT2D eigenvalue weighted by Gasteiger charge is -2.28. The number of hydrogen-bond acceptors (Lipinski definition) is 5. The van der Waals surface area contributed by atoms with Gasteiger partial charge in [-0.2, -0.15) is 0 Å². The summed E-state index contributed by atoms with van der Waals surface area (Å²) in [5, 5.41) is 5.28. The zero-order valence-electron chi connectivity index (χ0n) is 14.8. The van der Waals surface area contributed by atoms with E-state index in [1.54, 1.807) is 24.3 Å². The van der Waals surface area contributed by atoms with Gasteiger partial charge in [-0.1, -0.05) is 13.8 Å². The van der Waals surface area contributed by atoms with E-state index < -0.39 is 17.3 Å². The minimum absolute atomic E-state index is 0. The highest BCUT2D eigenvalue weighted by Gasteiger charge is 2.33. The molecule has 0 fully saturated rings. The first-order chi connectivity index (χ1) is 11.4. The molecule has 0 unspecified atom stereocenters. The van der Waals surface area contributed by atoms with Crippen molar-refractivity contribution in [3.63, 3.8) is 0 Å². The molecule has 7 nitrogen and oxygen atoms in total. The molecular weight excluding hydrogens is 346 g/mol. The van der Waals surface area contributed by atoms with Gasteiger partial charge in [-0.15, -0.1) is 12.4 Å². The monoisotopic (exact) mass is 371 g/mol. The molecule has 8 heteroatoms. The number of nitrogens with two attached hydrogens (primary N) is 1. The molecule has 0 radical (unpaired) electrons. The third kappa shape index (κ3) is 6.03. The average Bonchev–Trinajstić information content (AvgIpc) is 2.62. The zero-order chi connectivity index (χ0) is 18.2. The van der Waals surface area contributed by atoms with E-state index in [-0.39, 0.29) is 31.4 Å². The maximum absolute atomic E-state index is 12.4. The number of ether oxygens (including phenoxy) is 1. The molecule has 1 aromatic rings. The molecule has 0 heterocycles. The first-order valence-electron chi connectivity index (χ1n) is 7.89. The molecule has 0 aliphatic carbocycles. The van der Waals surface area contributed by atoms with Gasteiger partial charge in [0.05, 0.1) is 12.5 Å². The van der Waals surface area contributed by atoms with Crippen LogP contribution in [0.1, 0.15) is 37.0 Å². The number of rotatable bonds is 8. The number of benzene rings is 1. The molecule has 0 aromatic heterocycles. The molecule has 0 saturated carbocycles. The number of hydrogen-bond donors (Lipinski definition) is 3. The lowest BCUT2D eigenvalue weighted by molar-refractivity contribution is -0.139. The number of carbonyl (C=O) groups is 3. The van der Waals surface area contributed by atoms with E-state index in [2.05, 4.69) is 15.4 Å². The van der Waals surface area contributed by atoms with E-state index in [1.807, 2.05) is 13.8 Å². The van der Waals surface area contributed by atoms with Crippen LogP contribution in [0.25, 0.3) is 0 Å². The number of carbonyl (C=O) groups excluding carboxylic acids is 3. The maximum atomic E-state index is 12.4. The summed E-state index contributed by atoms with van der Waals surface area (Å²) in [7, 11) is 1.25. The van der Waals surface area contributed by atoms with Crippen molar-refractivity contribution in [2.45, 2.75) is 26.7 Å². The summed E-state index contributed by atoms with van der Waals surface area (Å²) in [6.07, 6.45) is 1.31. The summed E-state index contributed by atoms with van der Waals surface area (Å²) in [6.45, 7) is 3.95. The van der Waals surface area contributed by atoms with Crippen LogP contribution in [-0.4, -0.2) is 38.0 Å². The van der Waals surface area contributed by atoms with Gasteiger partial charge in [0, 0.05) is 17.8 Å². The quantitative estimate of drug-likeness (QED) is 0.602.